The van der Waals surface area contributed by atoms with Gasteiger partial charge in [0.15, 0.2) is 0 Å². The zero-order chi connectivity index (χ0) is 17.9. The lowest BCUT2D eigenvalue weighted by atomic mass is 9.65. The Morgan fingerprint density at radius 3 is 2.46 bits per heavy atom. The van der Waals surface area contributed by atoms with Gasteiger partial charge in [-0.1, -0.05) is 27.7 Å². The van der Waals surface area contributed by atoms with E-state index in [4.69, 9.17) is 0 Å². The maximum absolute atomic E-state index is 12.6. The number of ketones is 1. The summed E-state index contributed by atoms with van der Waals surface area (Å²) in [7, 11) is 0. The summed E-state index contributed by atoms with van der Waals surface area (Å²) in [4.78, 5) is 12.6. The first kappa shape index (κ1) is 17.7. The third-order valence-corrected chi connectivity index (χ3v) is 6.93. The van der Waals surface area contributed by atoms with E-state index in [1.165, 1.54) is 0 Å². The Labute approximate surface area is 144 Å². The fourth-order valence-corrected chi connectivity index (χ4v) is 5.66. The minimum Gasteiger partial charge on any atom is -0.508 e. The Kier molecular flexibility index (Phi) is 4.20. The summed E-state index contributed by atoms with van der Waals surface area (Å²) in [6, 6.07) is 0. The Balaban J connectivity index is 2.24. The Morgan fingerprint density at radius 1 is 1.21 bits per heavy atom. The molecular weight excluding hydrogens is 304 g/mol. The first-order chi connectivity index (χ1) is 11.2. The molecule has 0 heterocycles. The SMILES string of the molecule is CC(C)C1C(=O)CC2=C(O)C3=C(CO)C(O)CCC3(C)CCC21C. The van der Waals surface area contributed by atoms with Gasteiger partial charge in [0.1, 0.15) is 11.5 Å². The highest BCUT2D eigenvalue weighted by atomic mass is 16.3. The van der Waals surface area contributed by atoms with Crippen molar-refractivity contribution in [2.75, 3.05) is 6.61 Å². The highest BCUT2D eigenvalue weighted by Gasteiger charge is 2.55. The molecule has 3 N–H and O–H groups in total. The standard InChI is InChI=1S/C20H30O4/c1-11(2)16-15(23)9-13-18(24)17-12(10-21)14(22)5-6-19(17,3)7-8-20(13,16)4/h11,14,16,21-22,24H,5-10H2,1-4H3. The van der Waals surface area contributed by atoms with Gasteiger partial charge < -0.3 is 15.3 Å². The number of Topliss-reactive ketones (excluding diaryl/α,β-unsaturated/α-hetero) is 1. The van der Waals surface area contributed by atoms with Crippen LogP contribution in [0.5, 0.6) is 0 Å². The number of rotatable bonds is 2. The molecule has 0 spiro atoms. The molecule has 4 nitrogen and oxygen atoms in total. The summed E-state index contributed by atoms with van der Waals surface area (Å²) in [6.45, 7) is 8.15. The molecule has 3 aliphatic carbocycles. The molecule has 0 bridgehead atoms. The number of carbonyl (C=O) groups excluding carboxylic acids is 1. The lowest BCUT2D eigenvalue weighted by molar-refractivity contribution is -0.123. The molecule has 1 saturated carbocycles. The van der Waals surface area contributed by atoms with Crippen molar-refractivity contribution in [3.8, 4) is 0 Å². The molecule has 3 rings (SSSR count). The van der Waals surface area contributed by atoms with Gasteiger partial charge in [0.05, 0.1) is 12.7 Å². The molecule has 0 aliphatic heterocycles. The van der Waals surface area contributed by atoms with Crippen LogP contribution >= 0.6 is 0 Å². The predicted molar refractivity (Wildman–Crippen MR) is 92.4 cm³/mol. The monoisotopic (exact) mass is 334 g/mol. The van der Waals surface area contributed by atoms with Crippen LogP contribution in [0, 0.1) is 22.7 Å². The number of fused-ring (bicyclic) bond motifs is 2. The third-order valence-electron chi connectivity index (χ3n) is 6.93. The average Bonchev–Trinajstić information content (AvgIpc) is 2.74. The topological polar surface area (TPSA) is 77.8 Å². The van der Waals surface area contributed by atoms with Crippen molar-refractivity contribution < 1.29 is 20.1 Å². The molecule has 0 aromatic heterocycles. The fraction of sp³-hybridized carbons (Fsp3) is 0.750. The van der Waals surface area contributed by atoms with Crippen molar-refractivity contribution in [3.05, 3.63) is 22.5 Å². The first-order valence-electron chi connectivity index (χ1n) is 9.14. The first-order valence-corrected chi connectivity index (χ1v) is 9.14. The van der Waals surface area contributed by atoms with Gasteiger partial charge in [0.2, 0.25) is 0 Å². The van der Waals surface area contributed by atoms with Crippen LogP contribution in [-0.4, -0.2) is 33.8 Å². The second-order valence-electron chi connectivity index (χ2n) is 8.78. The lowest BCUT2D eigenvalue weighted by Crippen LogP contribution is -2.34. The van der Waals surface area contributed by atoms with Crippen LogP contribution in [0.15, 0.2) is 22.5 Å². The largest absolute Gasteiger partial charge is 0.508 e. The summed E-state index contributed by atoms with van der Waals surface area (Å²) >= 11 is 0. The van der Waals surface area contributed by atoms with Crippen molar-refractivity contribution in [1.82, 2.24) is 0 Å². The summed E-state index contributed by atoms with van der Waals surface area (Å²) in [5.74, 6) is 0.552. The van der Waals surface area contributed by atoms with Crippen molar-refractivity contribution in [1.29, 1.82) is 0 Å². The van der Waals surface area contributed by atoms with E-state index in [-0.39, 0.29) is 40.8 Å². The zero-order valence-electron chi connectivity index (χ0n) is 15.2. The van der Waals surface area contributed by atoms with Gasteiger partial charge in [0.25, 0.3) is 0 Å². The summed E-state index contributed by atoms with van der Waals surface area (Å²) in [5.41, 5.74) is 1.50. The van der Waals surface area contributed by atoms with E-state index < -0.39 is 6.10 Å². The molecule has 4 unspecified atom stereocenters. The molecular formula is C20H30O4. The number of aliphatic hydroxyl groups excluding tert-OH is 3. The molecule has 0 aromatic carbocycles. The minimum absolute atomic E-state index is 0.0681. The number of carbonyl (C=O) groups is 1. The van der Waals surface area contributed by atoms with Gasteiger partial charge in [-0.3, -0.25) is 4.79 Å². The second-order valence-corrected chi connectivity index (χ2v) is 8.78. The highest BCUT2D eigenvalue weighted by Crippen LogP contribution is 2.60. The van der Waals surface area contributed by atoms with Crippen LogP contribution in [0.25, 0.3) is 0 Å². The Bertz CT molecular complexity index is 630. The number of aliphatic hydroxyl groups is 3. The fourth-order valence-electron chi connectivity index (χ4n) is 5.66. The molecule has 24 heavy (non-hydrogen) atoms. The molecule has 0 radical (unpaired) electrons. The maximum Gasteiger partial charge on any atom is 0.141 e. The Morgan fingerprint density at radius 2 is 1.88 bits per heavy atom. The van der Waals surface area contributed by atoms with E-state index in [0.29, 0.717) is 24.0 Å². The highest BCUT2D eigenvalue weighted by molar-refractivity contribution is 5.89. The minimum atomic E-state index is -0.705. The smallest absolute Gasteiger partial charge is 0.141 e. The molecule has 4 heteroatoms. The molecule has 0 amide bonds. The van der Waals surface area contributed by atoms with Crippen molar-refractivity contribution >= 4 is 5.78 Å². The van der Waals surface area contributed by atoms with Crippen LogP contribution < -0.4 is 0 Å². The van der Waals surface area contributed by atoms with E-state index >= 15 is 0 Å². The molecule has 1 fully saturated rings. The number of allylic oxidation sites excluding steroid dienone is 2. The van der Waals surface area contributed by atoms with Crippen LogP contribution in [0.3, 0.4) is 0 Å². The zero-order valence-corrected chi connectivity index (χ0v) is 15.2. The quantitative estimate of drug-likeness (QED) is 0.724. The number of hydrogen-bond acceptors (Lipinski definition) is 4. The van der Waals surface area contributed by atoms with Gasteiger partial charge in [0, 0.05) is 23.3 Å². The molecule has 0 aromatic rings. The van der Waals surface area contributed by atoms with E-state index in [0.717, 1.165) is 24.8 Å². The van der Waals surface area contributed by atoms with E-state index in [1.54, 1.807) is 0 Å². The molecule has 4 atom stereocenters. The van der Waals surface area contributed by atoms with Crippen molar-refractivity contribution in [2.24, 2.45) is 22.7 Å². The van der Waals surface area contributed by atoms with Crippen LogP contribution in [-0.2, 0) is 4.79 Å². The van der Waals surface area contributed by atoms with Gasteiger partial charge >= 0.3 is 0 Å². The van der Waals surface area contributed by atoms with Crippen molar-refractivity contribution in [2.45, 2.75) is 65.9 Å². The van der Waals surface area contributed by atoms with Crippen LogP contribution in [0.2, 0.25) is 0 Å². The summed E-state index contributed by atoms with van der Waals surface area (Å²) in [6.07, 6.45) is 2.71. The molecule has 134 valence electrons. The summed E-state index contributed by atoms with van der Waals surface area (Å²) < 4.78 is 0. The van der Waals surface area contributed by atoms with Crippen LogP contribution in [0.4, 0.5) is 0 Å². The molecule has 0 saturated heterocycles. The van der Waals surface area contributed by atoms with E-state index in [1.807, 2.05) is 0 Å². The maximum atomic E-state index is 12.6. The van der Waals surface area contributed by atoms with Gasteiger partial charge in [-0.05, 0) is 48.2 Å². The van der Waals surface area contributed by atoms with E-state index in [2.05, 4.69) is 27.7 Å². The second kappa shape index (κ2) is 5.70. The third kappa shape index (κ3) is 2.30. The predicted octanol–water partition coefficient (Wildman–Crippen LogP) is 3.29. The summed E-state index contributed by atoms with van der Waals surface area (Å²) in [5, 5.41) is 31.3. The number of hydrogen-bond donors (Lipinski definition) is 3. The average molecular weight is 334 g/mol. The van der Waals surface area contributed by atoms with Gasteiger partial charge in [-0.15, -0.1) is 0 Å². The Hall–Kier alpha value is -1.13. The van der Waals surface area contributed by atoms with Crippen LogP contribution in [0.1, 0.15) is 59.8 Å². The van der Waals surface area contributed by atoms with Crippen molar-refractivity contribution in [3.63, 3.8) is 0 Å². The molecule has 3 aliphatic rings. The van der Waals surface area contributed by atoms with Gasteiger partial charge in [-0.2, -0.15) is 0 Å². The lowest BCUT2D eigenvalue weighted by Gasteiger charge is -2.39. The van der Waals surface area contributed by atoms with E-state index in [9.17, 15) is 20.1 Å². The van der Waals surface area contributed by atoms with Gasteiger partial charge in [-0.25, -0.2) is 0 Å². The normalized spacial score (nSPS) is 40.0.